The predicted octanol–water partition coefficient (Wildman–Crippen LogP) is 1.12. The first kappa shape index (κ1) is 13.2. The summed E-state index contributed by atoms with van der Waals surface area (Å²) in [6.45, 7) is 3.33. The summed E-state index contributed by atoms with van der Waals surface area (Å²) < 4.78 is 0. The molecule has 0 saturated carbocycles. The van der Waals surface area contributed by atoms with E-state index in [0.717, 1.165) is 13.0 Å². The van der Waals surface area contributed by atoms with Crippen LogP contribution in [0.3, 0.4) is 0 Å². The maximum atomic E-state index is 9.13. The smallest absolute Gasteiger partial charge is 0.0894 e. The van der Waals surface area contributed by atoms with Gasteiger partial charge in [0.15, 0.2) is 0 Å². The van der Waals surface area contributed by atoms with Gasteiger partial charge in [-0.25, -0.2) is 0 Å². The van der Waals surface area contributed by atoms with Crippen LogP contribution >= 0.6 is 0 Å². The van der Waals surface area contributed by atoms with Gasteiger partial charge in [0, 0.05) is 6.54 Å². The van der Waals surface area contributed by atoms with Crippen LogP contribution in [0, 0.1) is 0 Å². The second-order valence-electron chi connectivity index (χ2n) is 4.14. The molecule has 3 nitrogen and oxygen atoms in total. The van der Waals surface area contributed by atoms with Crippen molar-refractivity contribution in [1.82, 2.24) is 5.32 Å². The lowest BCUT2D eigenvalue weighted by molar-refractivity contribution is 0.0944. The molecule has 3 N–H and O–H groups in total. The highest BCUT2D eigenvalue weighted by Crippen LogP contribution is 2.17. The third-order valence-corrected chi connectivity index (χ3v) is 2.71. The van der Waals surface area contributed by atoms with Gasteiger partial charge in [-0.15, -0.1) is 0 Å². The summed E-state index contributed by atoms with van der Waals surface area (Å²) in [4.78, 5) is 0. The van der Waals surface area contributed by atoms with Crippen LogP contribution in [0.25, 0.3) is 0 Å². The van der Waals surface area contributed by atoms with E-state index >= 15 is 0 Å². The predicted molar refractivity (Wildman–Crippen MR) is 65.4 cm³/mol. The van der Waals surface area contributed by atoms with Crippen molar-refractivity contribution in [2.75, 3.05) is 19.7 Å². The van der Waals surface area contributed by atoms with Crippen LogP contribution in [0.5, 0.6) is 0 Å². The largest absolute Gasteiger partial charge is 0.394 e. The van der Waals surface area contributed by atoms with Gasteiger partial charge in [-0.1, -0.05) is 37.3 Å². The Balaban J connectivity index is 2.18. The van der Waals surface area contributed by atoms with Crippen LogP contribution in [0.2, 0.25) is 0 Å². The highest BCUT2D eigenvalue weighted by Gasteiger charge is 2.05. The lowest BCUT2D eigenvalue weighted by atomic mass is 9.98. The molecule has 0 aliphatic rings. The molecule has 0 amide bonds. The minimum atomic E-state index is -0.646. The Morgan fingerprint density at radius 2 is 1.94 bits per heavy atom. The highest BCUT2D eigenvalue weighted by molar-refractivity contribution is 5.18. The van der Waals surface area contributed by atoms with Crippen LogP contribution in [0.15, 0.2) is 30.3 Å². The first-order valence-electron chi connectivity index (χ1n) is 5.78. The first-order valence-corrected chi connectivity index (χ1v) is 5.78. The fourth-order valence-corrected chi connectivity index (χ4v) is 1.60. The van der Waals surface area contributed by atoms with Gasteiger partial charge in [0.2, 0.25) is 0 Å². The Labute approximate surface area is 97.1 Å². The van der Waals surface area contributed by atoms with Gasteiger partial charge < -0.3 is 15.5 Å². The zero-order chi connectivity index (χ0) is 11.8. The number of nitrogens with one attached hydrogen (secondary N) is 1. The van der Waals surface area contributed by atoms with E-state index in [0.29, 0.717) is 12.5 Å². The molecular formula is C13H21NO2. The molecule has 0 aliphatic heterocycles. The van der Waals surface area contributed by atoms with Crippen LogP contribution in [-0.2, 0) is 0 Å². The van der Waals surface area contributed by atoms with E-state index in [4.69, 9.17) is 10.2 Å². The Morgan fingerprint density at radius 1 is 1.25 bits per heavy atom. The van der Waals surface area contributed by atoms with Crippen molar-refractivity contribution in [2.24, 2.45) is 0 Å². The fourth-order valence-electron chi connectivity index (χ4n) is 1.60. The van der Waals surface area contributed by atoms with E-state index in [1.807, 2.05) is 6.07 Å². The van der Waals surface area contributed by atoms with Gasteiger partial charge in [0.1, 0.15) is 0 Å². The zero-order valence-corrected chi connectivity index (χ0v) is 9.76. The third kappa shape index (κ3) is 4.75. The van der Waals surface area contributed by atoms with E-state index in [1.165, 1.54) is 5.56 Å². The number of hydrogen-bond donors (Lipinski definition) is 3. The molecule has 0 saturated heterocycles. The normalized spacial score (nSPS) is 14.7. The molecule has 0 radical (unpaired) electrons. The molecule has 1 rings (SSSR count). The molecule has 0 heterocycles. The maximum absolute atomic E-state index is 9.13. The minimum Gasteiger partial charge on any atom is -0.394 e. The average molecular weight is 223 g/mol. The van der Waals surface area contributed by atoms with Crippen LogP contribution in [0.4, 0.5) is 0 Å². The molecule has 90 valence electrons. The number of hydrogen-bond acceptors (Lipinski definition) is 3. The summed E-state index contributed by atoms with van der Waals surface area (Å²) in [6, 6.07) is 10.4. The van der Waals surface area contributed by atoms with Crippen molar-refractivity contribution in [3.8, 4) is 0 Å². The van der Waals surface area contributed by atoms with E-state index in [9.17, 15) is 0 Å². The van der Waals surface area contributed by atoms with E-state index in [-0.39, 0.29) is 6.61 Å². The summed E-state index contributed by atoms with van der Waals surface area (Å²) in [5.41, 5.74) is 1.34. The quantitative estimate of drug-likeness (QED) is 0.607. The molecule has 0 fully saturated rings. The molecule has 0 spiro atoms. The van der Waals surface area contributed by atoms with Crippen LogP contribution < -0.4 is 5.32 Å². The lowest BCUT2D eigenvalue weighted by Gasteiger charge is -2.13. The fraction of sp³-hybridized carbons (Fsp3) is 0.538. The molecule has 0 bridgehead atoms. The second kappa shape index (κ2) is 7.39. The van der Waals surface area contributed by atoms with E-state index < -0.39 is 6.10 Å². The SMILES string of the molecule is CC(CCNCC(O)CO)c1ccccc1. The first-order chi connectivity index (χ1) is 7.74. The van der Waals surface area contributed by atoms with Gasteiger partial charge in [0.05, 0.1) is 12.7 Å². The molecule has 16 heavy (non-hydrogen) atoms. The van der Waals surface area contributed by atoms with Crippen molar-refractivity contribution in [2.45, 2.75) is 25.4 Å². The standard InChI is InChI=1S/C13H21NO2/c1-11(12-5-3-2-4-6-12)7-8-14-9-13(16)10-15/h2-6,11,13-16H,7-10H2,1H3. The monoisotopic (exact) mass is 223 g/mol. The molecule has 1 aromatic rings. The summed E-state index contributed by atoms with van der Waals surface area (Å²) in [5, 5.41) is 20.9. The molecule has 2 unspecified atom stereocenters. The molecule has 0 aromatic heterocycles. The third-order valence-electron chi connectivity index (χ3n) is 2.71. The van der Waals surface area contributed by atoms with Gasteiger partial charge in [-0.05, 0) is 24.4 Å². The molecular weight excluding hydrogens is 202 g/mol. The van der Waals surface area contributed by atoms with E-state index in [2.05, 4.69) is 36.5 Å². The van der Waals surface area contributed by atoms with Gasteiger partial charge in [-0.3, -0.25) is 0 Å². The van der Waals surface area contributed by atoms with E-state index in [1.54, 1.807) is 0 Å². The number of aliphatic hydroxyl groups is 2. The molecule has 0 aliphatic carbocycles. The van der Waals surface area contributed by atoms with Crippen molar-refractivity contribution in [3.63, 3.8) is 0 Å². The van der Waals surface area contributed by atoms with Crippen LogP contribution in [-0.4, -0.2) is 36.0 Å². The summed E-state index contributed by atoms with van der Waals surface area (Å²) in [7, 11) is 0. The second-order valence-corrected chi connectivity index (χ2v) is 4.14. The van der Waals surface area contributed by atoms with Gasteiger partial charge in [-0.2, -0.15) is 0 Å². The Bertz CT molecular complexity index is 277. The van der Waals surface area contributed by atoms with Gasteiger partial charge in [0.25, 0.3) is 0 Å². The van der Waals surface area contributed by atoms with Crippen LogP contribution in [0.1, 0.15) is 24.8 Å². The minimum absolute atomic E-state index is 0.179. The summed E-state index contributed by atoms with van der Waals surface area (Å²) >= 11 is 0. The molecule has 1 aromatic carbocycles. The number of rotatable bonds is 7. The van der Waals surface area contributed by atoms with Crippen molar-refractivity contribution < 1.29 is 10.2 Å². The van der Waals surface area contributed by atoms with Crippen molar-refractivity contribution >= 4 is 0 Å². The Hall–Kier alpha value is -0.900. The number of aliphatic hydroxyl groups excluding tert-OH is 2. The molecule has 2 atom stereocenters. The Kier molecular flexibility index (Phi) is 6.08. The topological polar surface area (TPSA) is 52.5 Å². The summed E-state index contributed by atoms with van der Waals surface area (Å²) in [6.07, 6.45) is 0.384. The van der Waals surface area contributed by atoms with Crippen molar-refractivity contribution in [3.05, 3.63) is 35.9 Å². The zero-order valence-electron chi connectivity index (χ0n) is 9.76. The molecule has 3 heteroatoms. The average Bonchev–Trinajstić information content (AvgIpc) is 2.35. The van der Waals surface area contributed by atoms with Gasteiger partial charge >= 0.3 is 0 Å². The Morgan fingerprint density at radius 3 is 2.56 bits per heavy atom. The lowest BCUT2D eigenvalue weighted by Crippen LogP contribution is -2.30. The highest BCUT2D eigenvalue weighted by atomic mass is 16.3. The summed E-state index contributed by atoms with van der Waals surface area (Å²) in [5.74, 6) is 0.514. The number of benzene rings is 1. The van der Waals surface area contributed by atoms with Crippen molar-refractivity contribution in [1.29, 1.82) is 0 Å². The maximum Gasteiger partial charge on any atom is 0.0894 e.